The average molecular weight is 247 g/mol. The Labute approximate surface area is 103 Å². The van der Waals surface area contributed by atoms with Crippen LogP contribution in [-0.4, -0.2) is 16.0 Å². The lowest BCUT2D eigenvalue weighted by molar-refractivity contribution is 0.101. The topological polar surface area (TPSA) is 106 Å². The standard InChI is InChI=1S/C11H13N5O2/c1-6-7(2)16-18-11(6)14-10(17)8-4-3-5-9(13-8)15-12/h3-5H,12H2,1-2H3,(H,13,15)(H,14,17). The molecule has 0 atom stereocenters. The number of nitrogens with zero attached hydrogens (tertiary/aromatic N) is 2. The van der Waals surface area contributed by atoms with Crippen LogP contribution in [0.4, 0.5) is 11.7 Å². The number of nitrogen functional groups attached to an aromatic ring is 1. The van der Waals surface area contributed by atoms with E-state index in [4.69, 9.17) is 10.4 Å². The second-order valence-corrected chi connectivity index (χ2v) is 3.73. The third-order valence-corrected chi connectivity index (χ3v) is 2.51. The van der Waals surface area contributed by atoms with Crippen LogP contribution >= 0.6 is 0 Å². The van der Waals surface area contributed by atoms with E-state index in [1.54, 1.807) is 25.1 Å². The summed E-state index contributed by atoms with van der Waals surface area (Å²) < 4.78 is 4.99. The number of pyridine rings is 1. The predicted molar refractivity (Wildman–Crippen MR) is 66.0 cm³/mol. The Morgan fingerprint density at radius 2 is 2.17 bits per heavy atom. The number of hydrogen-bond acceptors (Lipinski definition) is 6. The minimum Gasteiger partial charge on any atom is -0.338 e. The lowest BCUT2D eigenvalue weighted by Gasteiger charge is -2.03. The number of carbonyl (C=O) groups is 1. The van der Waals surface area contributed by atoms with Gasteiger partial charge in [-0.3, -0.25) is 10.1 Å². The lowest BCUT2D eigenvalue weighted by Crippen LogP contribution is -2.16. The number of hydrazine groups is 1. The summed E-state index contributed by atoms with van der Waals surface area (Å²) in [4.78, 5) is 15.9. The molecule has 0 saturated carbocycles. The van der Waals surface area contributed by atoms with Gasteiger partial charge in [0.1, 0.15) is 11.5 Å². The highest BCUT2D eigenvalue weighted by Crippen LogP contribution is 2.18. The molecule has 0 aliphatic rings. The molecule has 0 aliphatic carbocycles. The van der Waals surface area contributed by atoms with Gasteiger partial charge in [-0.1, -0.05) is 11.2 Å². The van der Waals surface area contributed by atoms with Gasteiger partial charge in [-0.05, 0) is 26.0 Å². The highest BCUT2D eigenvalue weighted by molar-refractivity contribution is 6.02. The number of hydrogen-bond donors (Lipinski definition) is 3. The van der Waals surface area contributed by atoms with Crippen molar-refractivity contribution in [2.24, 2.45) is 5.84 Å². The third-order valence-electron chi connectivity index (χ3n) is 2.51. The summed E-state index contributed by atoms with van der Waals surface area (Å²) in [5.74, 6) is 5.58. The van der Waals surface area contributed by atoms with Crippen molar-refractivity contribution in [3.8, 4) is 0 Å². The zero-order valence-corrected chi connectivity index (χ0v) is 10.0. The third kappa shape index (κ3) is 2.30. The molecule has 7 nitrogen and oxygen atoms in total. The second kappa shape index (κ2) is 4.84. The summed E-state index contributed by atoms with van der Waals surface area (Å²) in [6.45, 7) is 3.61. The molecule has 0 aliphatic heterocycles. The summed E-state index contributed by atoms with van der Waals surface area (Å²) in [5, 5.41) is 6.35. The van der Waals surface area contributed by atoms with E-state index in [0.717, 1.165) is 11.3 Å². The van der Waals surface area contributed by atoms with E-state index in [-0.39, 0.29) is 11.6 Å². The van der Waals surface area contributed by atoms with Crippen LogP contribution < -0.4 is 16.6 Å². The monoisotopic (exact) mass is 247 g/mol. The zero-order valence-electron chi connectivity index (χ0n) is 10.0. The molecule has 1 amide bonds. The van der Waals surface area contributed by atoms with Crippen LogP contribution in [0.5, 0.6) is 0 Å². The molecule has 2 aromatic heterocycles. The van der Waals surface area contributed by atoms with Crippen LogP contribution in [0, 0.1) is 13.8 Å². The molecule has 4 N–H and O–H groups in total. The molecule has 0 fully saturated rings. The smallest absolute Gasteiger partial charge is 0.276 e. The first-order valence-electron chi connectivity index (χ1n) is 5.29. The van der Waals surface area contributed by atoms with Gasteiger partial charge in [0.15, 0.2) is 0 Å². The van der Waals surface area contributed by atoms with Crippen molar-refractivity contribution < 1.29 is 9.32 Å². The second-order valence-electron chi connectivity index (χ2n) is 3.73. The normalized spacial score (nSPS) is 10.2. The Bertz CT molecular complexity index is 579. The molecule has 0 unspecified atom stereocenters. The van der Waals surface area contributed by atoms with Crippen LogP contribution in [-0.2, 0) is 0 Å². The van der Waals surface area contributed by atoms with Gasteiger partial charge in [0, 0.05) is 5.56 Å². The number of amides is 1. The van der Waals surface area contributed by atoms with Crippen LogP contribution in [0.2, 0.25) is 0 Å². The fourth-order valence-electron chi connectivity index (χ4n) is 1.34. The van der Waals surface area contributed by atoms with Gasteiger partial charge in [0.2, 0.25) is 5.88 Å². The summed E-state index contributed by atoms with van der Waals surface area (Å²) in [7, 11) is 0. The first kappa shape index (κ1) is 12.1. The summed E-state index contributed by atoms with van der Waals surface area (Å²) in [5.41, 5.74) is 4.13. The number of carbonyl (C=O) groups excluding carboxylic acids is 1. The zero-order chi connectivity index (χ0) is 13.1. The van der Waals surface area contributed by atoms with E-state index in [9.17, 15) is 4.79 Å². The molecule has 0 spiro atoms. The summed E-state index contributed by atoms with van der Waals surface area (Å²) >= 11 is 0. The quantitative estimate of drug-likeness (QED) is 0.556. The summed E-state index contributed by atoms with van der Waals surface area (Å²) in [6.07, 6.45) is 0. The number of rotatable bonds is 3. The Kier molecular flexibility index (Phi) is 3.24. The van der Waals surface area contributed by atoms with E-state index in [0.29, 0.717) is 11.7 Å². The number of aryl methyl sites for hydroxylation is 1. The Balaban J connectivity index is 2.19. The first-order chi connectivity index (χ1) is 8.61. The molecule has 0 bridgehead atoms. The van der Waals surface area contributed by atoms with E-state index < -0.39 is 0 Å². The van der Waals surface area contributed by atoms with E-state index in [1.165, 1.54) is 0 Å². The maximum absolute atomic E-state index is 11.9. The van der Waals surface area contributed by atoms with E-state index in [2.05, 4.69) is 20.9 Å². The minimum atomic E-state index is -0.383. The van der Waals surface area contributed by atoms with Gasteiger partial charge < -0.3 is 9.95 Å². The SMILES string of the molecule is Cc1noc(NC(=O)c2cccc(NN)n2)c1C. The Hall–Kier alpha value is -2.41. The molecular formula is C11H13N5O2. The van der Waals surface area contributed by atoms with Gasteiger partial charge in [-0.15, -0.1) is 0 Å². The number of aromatic nitrogens is 2. The Morgan fingerprint density at radius 1 is 1.39 bits per heavy atom. The molecule has 2 heterocycles. The molecule has 0 radical (unpaired) electrons. The maximum atomic E-state index is 11.9. The van der Waals surface area contributed by atoms with Crippen LogP contribution in [0.25, 0.3) is 0 Å². The fraction of sp³-hybridized carbons (Fsp3) is 0.182. The van der Waals surface area contributed by atoms with Crippen LogP contribution in [0.1, 0.15) is 21.7 Å². The van der Waals surface area contributed by atoms with Gasteiger partial charge in [-0.2, -0.15) is 0 Å². The van der Waals surface area contributed by atoms with Crippen molar-refractivity contribution in [2.45, 2.75) is 13.8 Å². The van der Waals surface area contributed by atoms with Crippen molar-refractivity contribution >= 4 is 17.6 Å². The number of nitrogens with one attached hydrogen (secondary N) is 2. The van der Waals surface area contributed by atoms with Crippen LogP contribution in [0.3, 0.4) is 0 Å². The fourth-order valence-corrected chi connectivity index (χ4v) is 1.34. The molecule has 0 saturated heterocycles. The molecule has 2 rings (SSSR count). The van der Waals surface area contributed by atoms with E-state index >= 15 is 0 Å². The molecule has 18 heavy (non-hydrogen) atoms. The number of nitrogens with two attached hydrogens (primary N) is 1. The predicted octanol–water partition coefficient (Wildman–Crippen LogP) is 1.22. The lowest BCUT2D eigenvalue weighted by atomic mass is 10.2. The molecule has 7 heteroatoms. The molecule has 2 aromatic rings. The van der Waals surface area contributed by atoms with Crippen molar-refractivity contribution in [3.63, 3.8) is 0 Å². The van der Waals surface area contributed by atoms with Crippen molar-refractivity contribution in [1.82, 2.24) is 10.1 Å². The Morgan fingerprint density at radius 3 is 2.78 bits per heavy atom. The van der Waals surface area contributed by atoms with Crippen LogP contribution in [0.15, 0.2) is 22.7 Å². The average Bonchev–Trinajstić information content (AvgIpc) is 2.71. The van der Waals surface area contributed by atoms with Gasteiger partial charge in [0.05, 0.1) is 5.69 Å². The maximum Gasteiger partial charge on any atom is 0.276 e. The van der Waals surface area contributed by atoms with Crippen molar-refractivity contribution in [1.29, 1.82) is 0 Å². The van der Waals surface area contributed by atoms with Crippen molar-refractivity contribution in [3.05, 3.63) is 35.2 Å². The molecule has 94 valence electrons. The van der Waals surface area contributed by atoms with Gasteiger partial charge in [-0.25, -0.2) is 10.8 Å². The van der Waals surface area contributed by atoms with Gasteiger partial charge >= 0.3 is 0 Å². The molecule has 0 aromatic carbocycles. The van der Waals surface area contributed by atoms with Gasteiger partial charge in [0.25, 0.3) is 5.91 Å². The van der Waals surface area contributed by atoms with E-state index in [1.807, 2.05) is 6.92 Å². The number of anilines is 2. The first-order valence-corrected chi connectivity index (χ1v) is 5.29. The van der Waals surface area contributed by atoms with Crippen molar-refractivity contribution in [2.75, 3.05) is 10.7 Å². The summed E-state index contributed by atoms with van der Waals surface area (Å²) in [6, 6.07) is 4.91. The largest absolute Gasteiger partial charge is 0.338 e. The highest BCUT2D eigenvalue weighted by Gasteiger charge is 2.14. The minimum absolute atomic E-state index is 0.235. The molecular weight excluding hydrogens is 234 g/mol. The highest BCUT2D eigenvalue weighted by atomic mass is 16.5.